The average Bonchev–Trinajstić information content (AvgIpc) is 2.56. The standard InChI is InChI=1S/C18H28N2O2.ClH/c1-3-14(4-2)17-11-16(9-10-22-17)20-18(21)15-7-5-13(12-19)6-8-15;/h5-8,14,16-17H,3-4,9-12,19H2,1-2H3,(H,20,21);1H. The van der Waals surface area contributed by atoms with Crippen LogP contribution in [0.4, 0.5) is 0 Å². The molecule has 2 unspecified atom stereocenters. The maximum absolute atomic E-state index is 12.3. The molecule has 2 atom stereocenters. The van der Waals surface area contributed by atoms with Gasteiger partial charge in [0.05, 0.1) is 6.10 Å². The maximum Gasteiger partial charge on any atom is 0.251 e. The highest BCUT2D eigenvalue weighted by atomic mass is 35.5. The summed E-state index contributed by atoms with van der Waals surface area (Å²) in [5, 5.41) is 3.16. The van der Waals surface area contributed by atoms with Gasteiger partial charge in [-0.1, -0.05) is 38.8 Å². The van der Waals surface area contributed by atoms with Crippen LogP contribution in [0.1, 0.15) is 55.5 Å². The lowest BCUT2D eigenvalue weighted by molar-refractivity contribution is -0.0337. The van der Waals surface area contributed by atoms with Gasteiger partial charge in [0.1, 0.15) is 0 Å². The molecule has 1 aromatic rings. The number of carbonyl (C=O) groups excluding carboxylic acids is 1. The fourth-order valence-corrected chi connectivity index (χ4v) is 3.16. The highest BCUT2D eigenvalue weighted by Crippen LogP contribution is 2.25. The van der Waals surface area contributed by atoms with Crippen LogP contribution in [0.25, 0.3) is 0 Å². The van der Waals surface area contributed by atoms with Crippen LogP contribution < -0.4 is 11.1 Å². The van der Waals surface area contributed by atoms with Crippen LogP contribution in [0.3, 0.4) is 0 Å². The third-order valence-corrected chi connectivity index (χ3v) is 4.68. The molecule has 4 nitrogen and oxygen atoms in total. The molecule has 1 amide bonds. The number of carbonyl (C=O) groups is 1. The zero-order valence-electron chi connectivity index (χ0n) is 14.1. The molecule has 0 aromatic heterocycles. The summed E-state index contributed by atoms with van der Waals surface area (Å²) >= 11 is 0. The SMILES string of the molecule is CCC(CC)C1CC(NC(=O)c2ccc(CN)cc2)CCO1.Cl. The molecule has 0 radical (unpaired) electrons. The molecule has 1 saturated heterocycles. The molecule has 5 heteroatoms. The molecule has 1 heterocycles. The van der Waals surface area contributed by atoms with E-state index in [1.807, 2.05) is 24.3 Å². The lowest BCUT2D eigenvalue weighted by Gasteiger charge is -2.34. The van der Waals surface area contributed by atoms with Crippen molar-refractivity contribution in [2.75, 3.05) is 6.61 Å². The maximum atomic E-state index is 12.3. The molecule has 0 bridgehead atoms. The van der Waals surface area contributed by atoms with Crippen molar-refractivity contribution < 1.29 is 9.53 Å². The second-order valence-electron chi connectivity index (χ2n) is 6.08. The minimum atomic E-state index is -0.00114. The highest BCUT2D eigenvalue weighted by molar-refractivity contribution is 5.94. The molecule has 3 N–H and O–H groups in total. The van der Waals surface area contributed by atoms with Crippen LogP contribution in [0.15, 0.2) is 24.3 Å². The van der Waals surface area contributed by atoms with Crippen LogP contribution in [0.2, 0.25) is 0 Å². The minimum Gasteiger partial charge on any atom is -0.378 e. The van der Waals surface area contributed by atoms with Gasteiger partial charge in [0.15, 0.2) is 0 Å². The van der Waals surface area contributed by atoms with Gasteiger partial charge in [0.25, 0.3) is 5.91 Å². The molecular weight excluding hydrogens is 312 g/mol. The molecule has 23 heavy (non-hydrogen) atoms. The molecule has 1 aliphatic heterocycles. The molecule has 0 saturated carbocycles. The zero-order valence-corrected chi connectivity index (χ0v) is 14.9. The Balaban J connectivity index is 0.00000264. The Morgan fingerprint density at radius 1 is 1.30 bits per heavy atom. The summed E-state index contributed by atoms with van der Waals surface area (Å²) in [5.41, 5.74) is 7.32. The van der Waals surface area contributed by atoms with Crippen LogP contribution in [-0.4, -0.2) is 24.7 Å². The highest BCUT2D eigenvalue weighted by Gasteiger charge is 2.28. The molecule has 0 spiro atoms. The van der Waals surface area contributed by atoms with Gasteiger partial charge in [-0.05, 0) is 36.5 Å². The van der Waals surface area contributed by atoms with Crippen LogP contribution in [0, 0.1) is 5.92 Å². The van der Waals surface area contributed by atoms with Crippen molar-refractivity contribution in [1.29, 1.82) is 0 Å². The Morgan fingerprint density at radius 2 is 1.96 bits per heavy atom. The van der Waals surface area contributed by atoms with Gasteiger partial charge < -0.3 is 15.8 Å². The summed E-state index contributed by atoms with van der Waals surface area (Å²) < 4.78 is 5.90. The first-order chi connectivity index (χ1) is 10.7. The molecule has 1 fully saturated rings. The van der Waals surface area contributed by atoms with E-state index in [0.29, 0.717) is 18.0 Å². The molecule has 0 aliphatic carbocycles. The van der Waals surface area contributed by atoms with Crippen molar-refractivity contribution in [3.63, 3.8) is 0 Å². The average molecular weight is 341 g/mol. The van der Waals surface area contributed by atoms with Crippen molar-refractivity contribution in [3.8, 4) is 0 Å². The molecule has 1 aliphatic rings. The summed E-state index contributed by atoms with van der Waals surface area (Å²) in [6, 6.07) is 7.71. The lowest BCUT2D eigenvalue weighted by Crippen LogP contribution is -2.44. The minimum absolute atomic E-state index is 0. The number of halogens is 1. The van der Waals surface area contributed by atoms with E-state index in [0.717, 1.165) is 37.9 Å². The summed E-state index contributed by atoms with van der Waals surface area (Å²) in [6.45, 7) is 5.65. The molecule has 2 rings (SSSR count). The number of rotatable bonds is 6. The van der Waals surface area contributed by atoms with Crippen LogP contribution >= 0.6 is 12.4 Å². The Morgan fingerprint density at radius 3 is 2.52 bits per heavy atom. The number of ether oxygens (including phenoxy) is 1. The van der Waals surface area contributed by atoms with E-state index >= 15 is 0 Å². The largest absolute Gasteiger partial charge is 0.378 e. The van der Waals surface area contributed by atoms with Crippen LogP contribution in [-0.2, 0) is 11.3 Å². The first-order valence-corrected chi connectivity index (χ1v) is 8.39. The van der Waals surface area contributed by atoms with Crippen molar-refractivity contribution in [2.24, 2.45) is 11.7 Å². The van der Waals surface area contributed by atoms with Gasteiger partial charge in [-0.3, -0.25) is 4.79 Å². The number of benzene rings is 1. The zero-order chi connectivity index (χ0) is 15.9. The predicted octanol–water partition coefficient (Wildman–Crippen LogP) is 3.28. The second kappa shape index (κ2) is 9.91. The van der Waals surface area contributed by atoms with E-state index in [1.54, 1.807) is 0 Å². The summed E-state index contributed by atoms with van der Waals surface area (Å²) in [5.74, 6) is 0.585. The van der Waals surface area contributed by atoms with Gasteiger partial charge in [-0.15, -0.1) is 12.4 Å². The van der Waals surface area contributed by atoms with Gasteiger partial charge in [-0.25, -0.2) is 0 Å². The third kappa shape index (κ3) is 5.48. The van der Waals surface area contributed by atoms with E-state index in [4.69, 9.17) is 10.5 Å². The normalized spacial score (nSPS) is 20.9. The summed E-state index contributed by atoms with van der Waals surface area (Å²) in [6.07, 6.45) is 4.33. The van der Waals surface area contributed by atoms with E-state index in [2.05, 4.69) is 19.2 Å². The molecule has 1 aromatic carbocycles. The van der Waals surface area contributed by atoms with Crippen molar-refractivity contribution in [3.05, 3.63) is 35.4 Å². The number of amides is 1. The van der Waals surface area contributed by atoms with Crippen molar-refractivity contribution >= 4 is 18.3 Å². The lowest BCUT2D eigenvalue weighted by atomic mass is 9.89. The Labute approximate surface area is 145 Å². The topological polar surface area (TPSA) is 64.4 Å². The van der Waals surface area contributed by atoms with Gasteiger partial charge >= 0.3 is 0 Å². The monoisotopic (exact) mass is 340 g/mol. The Kier molecular flexibility index (Phi) is 8.59. The fourth-order valence-electron chi connectivity index (χ4n) is 3.16. The van der Waals surface area contributed by atoms with Crippen molar-refractivity contribution in [2.45, 2.75) is 58.2 Å². The van der Waals surface area contributed by atoms with Gasteiger partial charge in [-0.2, -0.15) is 0 Å². The fraction of sp³-hybridized carbons (Fsp3) is 0.611. The third-order valence-electron chi connectivity index (χ3n) is 4.68. The number of hydrogen-bond donors (Lipinski definition) is 2. The predicted molar refractivity (Wildman–Crippen MR) is 95.9 cm³/mol. The van der Waals surface area contributed by atoms with E-state index in [-0.39, 0.29) is 30.5 Å². The Bertz CT molecular complexity index is 474. The summed E-state index contributed by atoms with van der Waals surface area (Å²) in [7, 11) is 0. The summed E-state index contributed by atoms with van der Waals surface area (Å²) in [4.78, 5) is 12.3. The van der Waals surface area contributed by atoms with E-state index in [1.165, 1.54) is 0 Å². The van der Waals surface area contributed by atoms with Gasteiger partial charge in [0, 0.05) is 24.8 Å². The van der Waals surface area contributed by atoms with Crippen molar-refractivity contribution in [1.82, 2.24) is 5.32 Å². The number of nitrogens with two attached hydrogens (primary N) is 1. The van der Waals surface area contributed by atoms with E-state index in [9.17, 15) is 4.79 Å². The van der Waals surface area contributed by atoms with Gasteiger partial charge in [0.2, 0.25) is 0 Å². The number of nitrogens with one attached hydrogen (secondary N) is 1. The van der Waals surface area contributed by atoms with E-state index < -0.39 is 0 Å². The van der Waals surface area contributed by atoms with Crippen LogP contribution in [0.5, 0.6) is 0 Å². The first kappa shape index (κ1) is 19.9. The second-order valence-corrected chi connectivity index (χ2v) is 6.08. The quantitative estimate of drug-likeness (QED) is 0.835. The Hall–Kier alpha value is -1.10. The first-order valence-electron chi connectivity index (χ1n) is 8.39. The number of hydrogen-bond acceptors (Lipinski definition) is 3. The smallest absolute Gasteiger partial charge is 0.251 e. The molecular formula is C18H29ClN2O2. The molecule has 130 valence electrons.